The zero-order valence-electron chi connectivity index (χ0n) is 19.9. The number of aryl methyl sites for hydroxylation is 3. The Morgan fingerprint density at radius 3 is 2.51 bits per heavy atom. The van der Waals surface area contributed by atoms with Gasteiger partial charge in [-0.05, 0) is 62.1 Å². The Morgan fingerprint density at radius 1 is 1.00 bits per heavy atom. The molecule has 1 heterocycles. The molecular weight excluding hydrogens is 466 g/mol. The first kappa shape index (κ1) is 24.5. The second kappa shape index (κ2) is 9.92. The lowest BCUT2D eigenvalue weighted by atomic mass is 10.0. The van der Waals surface area contributed by atoms with Crippen molar-refractivity contribution in [3.05, 3.63) is 88.5 Å². The second-order valence-electron chi connectivity index (χ2n) is 8.49. The molecule has 0 amide bonds. The Morgan fingerprint density at radius 2 is 1.77 bits per heavy atom. The number of para-hydroxylation sites is 1. The summed E-state index contributed by atoms with van der Waals surface area (Å²) in [7, 11) is -2.65. The molecule has 7 nitrogen and oxygen atoms in total. The fraction of sp³-hybridized carbons (Fsp3) is 0.259. The quantitative estimate of drug-likeness (QED) is 0.356. The molecule has 1 aliphatic rings. The van der Waals surface area contributed by atoms with Gasteiger partial charge in [0.15, 0.2) is 6.61 Å². The number of esters is 1. The molecule has 0 saturated carbocycles. The monoisotopic (exact) mass is 493 g/mol. The van der Waals surface area contributed by atoms with Gasteiger partial charge < -0.3 is 9.47 Å². The fourth-order valence-electron chi connectivity index (χ4n) is 4.29. The van der Waals surface area contributed by atoms with Crippen molar-refractivity contribution < 1.29 is 27.5 Å². The average molecular weight is 494 g/mol. The van der Waals surface area contributed by atoms with Gasteiger partial charge in [0.1, 0.15) is 10.6 Å². The Hall–Kier alpha value is -3.65. The molecule has 35 heavy (non-hydrogen) atoms. The average Bonchev–Trinajstić information content (AvgIpc) is 2.86. The summed E-state index contributed by atoms with van der Waals surface area (Å²) in [6.07, 6.45) is 1.47. The van der Waals surface area contributed by atoms with Gasteiger partial charge in [0.2, 0.25) is 5.78 Å². The Labute approximate surface area is 205 Å². The number of carbonyl (C=O) groups excluding carboxylic acids is 2. The number of methoxy groups -OCH3 is 1. The number of ketones is 1. The maximum atomic E-state index is 13.7. The van der Waals surface area contributed by atoms with E-state index in [1.165, 1.54) is 29.6 Å². The van der Waals surface area contributed by atoms with E-state index in [0.717, 1.165) is 23.1 Å². The minimum absolute atomic E-state index is 0.0168. The van der Waals surface area contributed by atoms with Crippen LogP contribution in [0.3, 0.4) is 0 Å². The molecule has 0 unspecified atom stereocenters. The lowest BCUT2D eigenvalue weighted by molar-refractivity contribution is 0.0474. The van der Waals surface area contributed by atoms with Gasteiger partial charge in [0.25, 0.3) is 10.0 Å². The van der Waals surface area contributed by atoms with Gasteiger partial charge in [-0.25, -0.2) is 13.2 Å². The molecule has 0 atom stereocenters. The number of carbonyl (C=O) groups is 2. The van der Waals surface area contributed by atoms with Gasteiger partial charge >= 0.3 is 5.97 Å². The molecule has 1 aliphatic heterocycles. The van der Waals surface area contributed by atoms with Crippen molar-refractivity contribution in [3.63, 3.8) is 0 Å². The van der Waals surface area contributed by atoms with Crippen LogP contribution < -0.4 is 9.04 Å². The SMILES string of the molecule is COc1ccc(C(=O)OCC(=O)c2ccc(C)cc2C)cc1S(=O)(=O)N1CCCc2ccccc21. The highest BCUT2D eigenvalue weighted by molar-refractivity contribution is 7.93. The third kappa shape index (κ3) is 4.93. The summed E-state index contributed by atoms with van der Waals surface area (Å²) in [5, 5.41) is 0. The molecule has 0 spiro atoms. The summed E-state index contributed by atoms with van der Waals surface area (Å²) in [4.78, 5) is 25.2. The molecule has 0 radical (unpaired) electrons. The predicted octanol–water partition coefficient (Wildman–Crippen LogP) is 4.49. The number of sulfonamides is 1. The molecule has 0 aromatic heterocycles. The zero-order valence-corrected chi connectivity index (χ0v) is 20.7. The van der Waals surface area contributed by atoms with Gasteiger partial charge in [-0.15, -0.1) is 0 Å². The highest BCUT2D eigenvalue weighted by Crippen LogP contribution is 2.35. The fourth-order valence-corrected chi connectivity index (χ4v) is 6.02. The second-order valence-corrected chi connectivity index (χ2v) is 10.3. The third-order valence-corrected chi connectivity index (χ3v) is 7.89. The van der Waals surface area contributed by atoms with Crippen LogP contribution >= 0.6 is 0 Å². The normalized spacial score (nSPS) is 13.2. The summed E-state index contributed by atoms with van der Waals surface area (Å²) in [6, 6.07) is 16.9. The van der Waals surface area contributed by atoms with Crippen LogP contribution in [0, 0.1) is 13.8 Å². The maximum absolute atomic E-state index is 13.7. The van der Waals surface area contributed by atoms with Crippen LogP contribution in [-0.2, 0) is 21.2 Å². The Kier molecular flexibility index (Phi) is 6.93. The van der Waals surface area contributed by atoms with E-state index < -0.39 is 22.6 Å². The maximum Gasteiger partial charge on any atom is 0.338 e. The number of ether oxygens (including phenoxy) is 2. The summed E-state index contributed by atoms with van der Waals surface area (Å²) in [6.45, 7) is 3.62. The van der Waals surface area contributed by atoms with Crippen molar-refractivity contribution in [2.75, 3.05) is 24.6 Å². The highest BCUT2D eigenvalue weighted by Gasteiger charge is 2.32. The summed E-state index contributed by atoms with van der Waals surface area (Å²) >= 11 is 0. The van der Waals surface area contributed by atoms with Crippen molar-refractivity contribution >= 4 is 27.5 Å². The lowest BCUT2D eigenvalue weighted by Gasteiger charge is -2.30. The van der Waals surface area contributed by atoms with E-state index in [1.54, 1.807) is 18.2 Å². The van der Waals surface area contributed by atoms with Gasteiger partial charge in [-0.3, -0.25) is 9.10 Å². The van der Waals surface area contributed by atoms with E-state index in [9.17, 15) is 18.0 Å². The van der Waals surface area contributed by atoms with Gasteiger partial charge in [-0.2, -0.15) is 0 Å². The number of hydrogen-bond acceptors (Lipinski definition) is 6. The number of fused-ring (bicyclic) bond motifs is 1. The molecule has 0 saturated heterocycles. The molecule has 182 valence electrons. The number of hydrogen-bond donors (Lipinski definition) is 0. The van der Waals surface area contributed by atoms with Gasteiger partial charge in [0, 0.05) is 12.1 Å². The van der Waals surface area contributed by atoms with Gasteiger partial charge in [-0.1, -0.05) is 42.0 Å². The van der Waals surface area contributed by atoms with Crippen molar-refractivity contribution in [1.29, 1.82) is 0 Å². The Bertz CT molecular complexity index is 1400. The van der Waals surface area contributed by atoms with Crippen molar-refractivity contribution in [3.8, 4) is 5.75 Å². The molecule has 0 aliphatic carbocycles. The topological polar surface area (TPSA) is 90.0 Å². The van der Waals surface area contributed by atoms with Crippen LogP contribution in [0.15, 0.2) is 65.6 Å². The van der Waals surface area contributed by atoms with Crippen LogP contribution in [0.1, 0.15) is 43.8 Å². The molecule has 3 aromatic carbocycles. The van der Waals surface area contributed by atoms with Crippen LogP contribution in [0.25, 0.3) is 0 Å². The standard InChI is InChI=1S/C27H27NO6S/c1-18-10-12-22(19(2)15-18)24(29)17-34-27(30)21-11-13-25(33-3)26(16-21)35(31,32)28-14-6-8-20-7-4-5-9-23(20)28/h4-5,7,9-13,15-16H,6,8,14,17H2,1-3H3. The molecule has 0 N–H and O–H groups in total. The van der Waals surface area contributed by atoms with Crippen LogP contribution in [0.5, 0.6) is 5.75 Å². The molecule has 0 fully saturated rings. The molecule has 0 bridgehead atoms. The number of benzene rings is 3. The van der Waals surface area contributed by atoms with Crippen molar-refractivity contribution in [2.24, 2.45) is 0 Å². The third-order valence-electron chi connectivity index (χ3n) is 6.05. The first-order chi connectivity index (χ1) is 16.7. The lowest BCUT2D eigenvalue weighted by Crippen LogP contribution is -2.35. The number of anilines is 1. The van der Waals surface area contributed by atoms with E-state index in [-0.39, 0.29) is 22.0 Å². The number of nitrogens with zero attached hydrogens (tertiary/aromatic N) is 1. The largest absolute Gasteiger partial charge is 0.495 e. The van der Waals surface area contributed by atoms with E-state index in [4.69, 9.17) is 9.47 Å². The van der Waals surface area contributed by atoms with Crippen molar-refractivity contribution in [2.45, 2.75) is 31.6 Å². The molecule has 8 heteroatoms. The van der Waals surface area contributed by atoms with Crippen LogP contribution in [0.2, 0.25) is 0 Å². The van der Waals surface area contributed by atoms with Crippen molar-refractivity contribution in [1.82, 2.24) is 0 Å². The van der Waals surface area contributed by atoms with Crippen LogP contribution in [0.4, 0.5) is 5.69 Å². The van der Waals surface area contributed by atoms with Crippen LogP contribution in [-0.4, -0.2) is 40.4 Å². The van der Waals surface area contributed by atoms with E-state index in [0.29, 0.717) is 24.2 Å². The molecule has 3 aromatic rings. The minimum Gasteiger partial charge on any atom is -0.495 e. The minimum atomic E-state index is -4.02. The first-order valence-electron chi connectivity index (χ1n) is 11.3. The zero-order chi connectivity index (χ0) is 25.2. The highest BCUT2D eigenvalue weighted by atomic mass is 32.2. The first-order valence-corrected chi connectivity index (χ1v) is 12.7. The number of Topliss-reactive ketones (excluding diaryl/α,β-unsaturated/α-hetero) is 1. The van der Waals surface area contributed by atoms with E-state index in [2.05, 4.69) is 0 Å². The number of rotatable bonds is 7. The summed E-state index contributed by atoms with van der Waals surface area (Å²) in [5.41, 5.74) is 3.88. The smallest absolute Gasteiger partial charge is 0.338 e. The summed E-state index contributed by atoms with van der Waals surface area (Å²) in [5.74, 6) is -1.00. The van der Waals surface area contributed by atoms with Gasteiger partial charge in [0.05, 0.1) is 18.4 Å². The van der Waals surface area contributed by atoms with E-state index >= 15 is 0 Å². The predicted molar refractivity (Wildman–Crippen MR) is 133 cm³/mol. The molecule has 4 rings (SSSR count). The summed E-state index contributed by atoms with van der Waals surface area (Å²) < 4.78 is 39.2. The van der Waals surface area contributed by atoms with E-state index in [1.807, 2.05) is 38.1 Å². The molecular formula is C27H27NO6S. The Balaban J connectivity index is 1.59.